The third-order valence-electron chi connectivity index (χ3n) is 4.10. The molecule has 5 nitrogen and oxygen atoms in total. The van der Waals surface area contributed by atoms with Crippen molar-refractivity contribution in [3.8, 4) is 5.75 Å². The first-order chi connectivity index (χ1) is 12.5. The number of nitrogens with zero attached hydrogens (tertiary/aromatic N) is 1. The van der Waals surface area contributed by atoms with Crippen LogP contribution in [0.1, 0.15) is 11.1 Å². The van der Waals surface area contributed by atoms with Crippen LogP contribution < -0.4 is 10.1 Å². The molecule has 0 atom stereocenters. The van der Waals surface area contributed by atoms with Crippen molar-refractivity contribution in [3.05, 3.63) is 63.9 Å². The number of benzene rings is 2. The standard InChI is InChI=1S/C19H18BrFN2O3/c20-16-4-2-1-3-13(16)10-18(24)22-7-8-23-11-14-9-15(21)5-6-17(14)26-12-19(23)25/h1-6,9H,7-8,10-12H2,(H,22,24). The summed E-state index contributed by atoms with van der Waals surface area (Å²) in [4.78, 5) is 25.8. The average molecular weight is 421 g/mol. The van der Waals surface area contributed by atoms with E-state index in [-0.39, 0.29) is 37.2 Å². The molecule has 0 spiro atoms. The number of carbonyl (C=O) groups excluding carboxylic acids is 2. The van der Waals surface area contributed by atoms with Crippen LogP contribution in [0.4, 0.5) is 4.39 Å². The minimum absolute atomic E-state index is 0.0937. The van der Waals surface area contributed by atoms with Crippen molar-refractivity contribution in [2.24, 2.45) is 0 Å². The first-order valence-electron chi connectivity index (χ1n) is 8.22. The van der Waals surface area contributed by atoms with Crippen molar-refractivity contribution >= 4 is 27.7 Å². The normalized spacial score (nSPS) is 13.6. The summed E-state index contributed by atoms with van der Waals surface area (Å²) in [6.07, 6.45) is 0.256. The second-order valence-electron chi connectivity index (χ2n) is 5.97. The van der Waals surface area contributed by atoms with Gasteiger partial charge in [0.1, 0.15) is 11.6 Å². The fraction of sp³-hybridized carbons (Fsp3) is 0.263. The Labute approximate surface area is 159 Å². The molecule has 2 amide bonds. The van der Waals surface area contributed by atoms with Crippen molar-refractivity contribution in [3.63, 3.8) is 0 Å². The van der Waals surface area contributed by atoms with Gasteiger partial charge in [-0.25, -0.2) is 4.39 Å². The number of rotatable bonds is 5. The number of carbonyl (C=O) groups is 2. The Hall–Kier alpha value is -2.41. The third-order valence-corrected chi connectivity index (χ3v) is 4.87. The van der Waals surface area contributed by atoms with Gasteiger partial charge in [0.05, 0.1) is 6.42 Å². The van der Waals surface area contributed by atoms with Crippen LogP contribution in [0, 0.1) is 5.82 Å². The molecular formula is C19H18BrFN2O3. The molecule has 3 rings (SSSR count). The fourth-order valence-corrected chi connectivity index (χ4v) is 3.17. The molecule has 2 aromatic carbocycles. The average Bonchev–Trinajstić information content (AvgIpc) is 2.76. The van der Waals surface area contributed by atoms with Gasteiger partial charge in [0, 0.05) is 29.7 Å². The Bertz CT molecular complexity index is 828. The number of hydrogen-bond donors (Lipinski definition) is 1. The van der Waals surface area contributed by atoms with Gasteiger partial charge < -0.3 is 15.0 Å². The first kappa shape index (κ1) is 18.4. The van der Waals surface area contributed by atoms with Crippen molar-refractivity contribution in [1.82, 2.24) is 10.2 Å². The highest BCUT2D eigenvalue weighted by molar-refractivity contribution is 9.10. The molecule has 0 fully saturated rings. The van der Waals surface area contributed by atoms with E-state index in [0.717, 1.165) is 10.0 Å². The molecule has 0 saturated heterocycles. The number of hydrogen-bond acceptors (Lipinski definition) is 3. The van der Waals surface area contributed by atoms with Gasteiger partial charge in [-0.05, 0) is 29.8 Å². The monoisotopic (exact) mass is 420 g/mol. The van der Waals surface area contributed by atoms with Crippen LogP contribution in [0.15, 0.2) is 46.9 Å². The van der Waals surface area contributed by atoms with Gasteiger partial charge >= 0.3 is 0 Å². The summed E-state index contributed by atoms with van der Waals surface area (Å²) >= 11 is 3.42. The van der Waals surface area contributed by atoms with Crippen LogP contribution in [0.5, 0.6) is 5.75 Å². The van der Waals surface area contributed by atoms with Crippen LogP contribution in [-0.4, -0.2) is 36.4 Å². The van der Waals surface area contributed by atoms with E-state index < -0.39 is 0 Å². The highest BCUT2D eigenvalue weighted by Crippen LogP contribution is 2.24. The highest BCUT2D eigenvalue weighted by atomic mass is 79.9. The van der Waals surface area contributed by atoms with Crippen LogP contribution in [0.25, 0.3) is 0 Å². The largest absolute Gasteiger partial charge is 0.483 e. The summed E-state index contributed by atoms with van der Waals surface area (Å²) in [5.41, 5.74) is 1.52. The summed E-state index contributed by atoms with van der Waals surface area (Å²) < 4.78 is 19.7. The number of fused-ring (bicyclic) bond motifs is 1. The molecular weight excluding hydrogens is 403 g/mol. The lowest BCUT2D eigenvalue weighted by atomic mass is 10.1. The van der Waals surface area contributed by atoms with E-state index in [1.54, 1.807) is 4.90 Å². The van der Waals surface area contributed by atoms with Gasteiger partial charge in [-0.15, -0.1) is 0 Å². The topological polar surface area (TPSA) is 58.6 Å². The molecule has 0 radical (unpaired) electrons. The van der Waals surface area contributed by atoms with E-state index in [9.17, 15) is 14.0 Å². The zero-order valence-electron chi connectivity index (χ0n) is 14.0. The summed E-state index contributed by atoms with van der Waals surface area (Å²) in [5, 5.41) is 2.81. The van der Waals surface area contributed by atoms with E-state index in [1.165, 1.54) is 18.2 Å². The zero-order valence-corrected chi connectivity index (χ0v) is 15.6. The Morgan fingerprint density at radius 3 is 2.88 bits per heavy atom. The highest BCUT2D eigenvalue weighted by Gasteiger charge is 2.21. The predicted molar refractivity (Wildman–Crippen MR) is 98.2 cm³/mol. The lowest BCUT2D eigenvalue weighted by Crippen LogP contribution is -2.39. The third kappa shape index (κ3) is 4.60. The molecule has 7 heteroatoms. The molecule has 0 bridgehead atoms. The SMILES string of the molecule is O=C(Cc1ccccc1Br)NCCN1Cc2cc(F)ccc2OCC1=O. The van der Waals surface area contributed by atoms with Crippen LogP contribution in [-0.2, 0) is 22.6 Å². The number of ether oxygens (including phenoxy) is 1. The van der Waals surface area contributed by atoms with E-state index in [1.807, 2.05) is 24.3 Å². The Balaban J connectivity index is 1.54. The Morgan fingerprint density at radius 2 is 2.08 bits per heavy atom. The lowest BCUT2D eigenvalue weighted by molar-refractivity contribution is -0.133. The van der Waals surface area contributed by atoms with E-state index in [0.29, 0.717) is 24.4 Å². The van der Waals surface area contributed by atoms with Crippen LogP contribution >= 0.6 is 15.9 Å². The van der Waals surface area contributed by atoms with Gasteiger partial charge in [-0.1, -0.05) is 34.1 Å². The fourth-order valence-electron chi connectivity index (χ4n) is 2.75. The maximum absolute atomic E-state index is 13.4. The lowest BCUT2D eigenvalue weighted by Gasteiger charge is -2.20. The van der Waals surface area contributed by atoms with Gasteiger partial charge in [0.25, 0.3) is 5.91 Å². The summed E-state index contributed by atoms with van der Waals surface area (Å²) in [5.74, 6) is -0.174. The summed E-state index contributed by atoms with van der Waals surface area (Å²) in [6.45, 7) is 0.815. The predicted octanol–water partition coefficient (Wildman–Crippen LogP) is 2.67. The molecule has 136 valence electrons. The van der Waals surface area contributed by atoms with E-state index >= 15 is 0 Å². The molecule has 0 unspecified atom stereocenters. The quantitative estimate of drug-likeness (QED) is 0.808. The Kier molecular flexibility index (Phi) is 5.88. The number of nitrogens with one attached hydrogen (secondary N) is 1. The van der Waals surface area contributed by atoms with Gasteiger partial charge in [-0.3, -0.25) is 9.59 Å². The second-order valence-corrected chi connectivity index (χ2v) is 6.83. The maximum Gasteiger partial charge on any atom is 0.260 e. The first-order valence-corrected chi connectivity index (χ1v) is 9.01. The van der Waals surface area contributed by atoms with Gasteiger partial charge in [0.15, 0.2) is 6.61 Å². The van der Waals surface area contributed by atoms with Crippen LogP contribution in [0.3, 0.4) is 0 Å². The minimum Gasteiger partial charge on any atom is -0.483 e. The number of halogens is 2. The molecule has 1 N–H and O–H groups in total. The molecule has 26 heavy (non-hydrogen) atoms. The van der Waals surface area contributed by atoms with Gasteiger partial charge in [-0.2, -0.15) is 0 Å². The molecule has 1 aliphatic rings. The van der Waals surface area contributed by atoms with E-state index in [2.05, 4.69) is 21.2 Å². The molecule has 0 saturated carbocycles. The summed E-state index contributed by atoms with van der Waals surface area (Å²) in [6, 6.07) is 11.7. The molecule has 0 aliphatic carbocycles. The smallest absolute Gasteiger partial charge is 0.260 e. The zero-order chi connectivity index (χ0) is 18.5. The van der Waals surface area contributed by atoms with E-state index in [4.69, 9.17) is 4.74 Å². The maximum atomic E-state index is 13.4. The molecule has 1 heterocycles. The van der Waals surface area contributed by atoms with Crippen molar-refractivity contribution in [2.75, 3.05) is 19.7 Å². The van der Waals surface area contributed by atoms with Crippen molar-refractivity contribution in [1.29, 1.82) is 0 Å². The molecule has 2 aromatic rings. The van der Waals surface area contributed by atoms with Crippen molar-refractivity contribution in [2.45, 2.75) is 13.0 Å². The number of amides is 2. The second kappa shape index (κ2) is 8.31. The minimum atomic E-state index is -0.372. The van der Waals surface area contributed by atoms with Gasteiger partial charge in [0.2, 0.25) is 5.91 Å². The molecule has 0 aromatic heterocycles. The van der Waals surface area contributed by atoms with Crippen LogP contribution in [0.2, 0.25) is 0 Å². The molecule has 1 aliphatic heterocycles. The Morgan fingerprint density at radius 1 is 1.27 bits per heavy atom. The van der Waals surface area contributed by atoms with Crippen molar-refractivity contribution < 1.29 is 18.7 Å². The summed E-state index contributed by atoms with van der Waals surface area (Å²) in [7, 11) is 0.